The monoisotopic (exact) mass is 349 g/mol. The summed E-state index contributed by atoms with van der Waals surface area (Å²) in [4.78, 5) is 22.1. The number of ether oxygens (including phenoxy) is 3. The van der Waals surface area contributed by atoms with Gasteiger partial charge in [0.25, 0.3) is 0 Å². The molecule has 0 aromatic heterocycles. The minimum atomic E-state index is -0.811. The molecule has 0 N–H and O–H groups in total. The molecular weight excluding hydrogens is 334 g/mol. The fourth-order valence-corrected chi connectivity index (χ4v) is 2.61. The molecule has 0 saturated heterocycles. The molecule has 0 spiro atoms. The van der Waals surface area contributed by atoms with Crippen molar-refractivity contribution in [2.24, 2.45) is 0 Å². The van der Waals surface area contributed by atoms with Gasteiger partial charge in [0.2, 0.25) is 6.10 Å². The molecule has 2 aromatic carbocycles. The number of carbonyl (C=O) groups is 2. The third kappa shape index (κ3) is 3.73. The normalized spacial score (nSPS) is 15.0. The predicted octanol–water partition coefficient (Wildman–Crippen LogP) is 3.36. The number of hydrogen-bond donors (Lipinski definition) is 0. The van der Waals surface area contributed by atoms with Gasteiger partial charge in [-0.05, 0) is 35.9 Å². The van der Waals surface area contributed by atoms with Gasteiger partial charge in [-0.25, -0.2) is 0 Å². The van der Waals surface area contributed by atoms with E-state index < -0.39 is 18.0 Å². The highest BCUT2D eigenvalue weighted by molar-refractivity contribution is 5.89. The highest BCUT2D eigenvalue weighted by atomic mass is 16.5. The van der Waals surface area contributed by atoms with Crippen molar-refractivity contribution >= 4 is 23.6 Å². The van der Waals surface area contributed by atoms with Gasteiger partial charge in [0.1, 0.15) is 23.3 Å². The van der Waals surface area contributed by atoms with Crippen molar-refractivity contribution < 1.29 is 23.8 Å². The summed E-state index contributed by atoms with van der Waals surface area (Å²) in [5, 5.41) is 9.47. The van der Waals surface area contributed by atoms with E-state index in [0.29, 0.717) is 22.8 Å². The van der Waals surface area contributed by atoms with E-state index in [1.165, 1.54) is 13.8 Å². The molecule has 1 unspecified atom stereocenters. The van der Waals surface area contributed by atoms with Crippen LogP contribution in [0.15, 0.2) is 42.5 Å². The molecule has 0 bridgehead atoms. The second kappa shape index (κ2) is 7.11. The first-order valence-corrected chi connectivity index (χ1v) is 7.85. The second-order valence-electron chi connectivity index (χ2n) is 5.64. The Bertz CT molecular complexity index is 938. The molecule has 0 aliphatic carbocycles. The molecule has 0 amide bonds. The number of esters is 2. The smallest absolute Gasteiger partial charge is 0.308 e. The maximum atomic E-state index is 11.1. The molecule has 6 nitrogen and oxygen atoms in total. The van der Waals surface area contributed by atoms with E-state index >= 15 is 0 Å². The van der Waals surface area contributed by atoms with Crippen LogP contribution < -0.4 is 14.2 Å². The summed E-state index contributed by atoms with van der Waals surface area (Å²) >= 11 is 0. The van der Waals surface area contributed by atoms with Crippen molar-refractivity contribution in [2.75, 3.05) is 0 Å². The zero-order valence-electron chi connectivity index (χ0n) is 14.2. The highest BCUT2D eigenvalue weighted by Crippen LogP contribution is 2.36. The van der Waals surface area contributed by atoms with Crippen LogP contribution in [-0.4, -0.2) is 18.0 Å². The lowest BCUT2D eigenvalue weighted by Crippen LogP contribution is -2.20. The minimum absolute atomic E-state index is 0.357. The highest BCUT2D eigenvalue weighted by Gasteiger charge is 2.24. The lowest BCUT2D eigenvalue weighted by Gasteiger charge is -2.23. The molecule has 26 heavy (non-hydrogen) atoms. The Morgan fingerprint density at radius 2 is 1.62 bits per heavy atom. The summed E-state index contributed by atoms with van der Waals surface area (Å²) in [5.74, 6) is 0.427. The molecule has 0 saturated carbocycles. The maximum absolute atomic E-state index is 11.1. The van der Waals surface area contributed by atoms with Crippen LogP contribution in [0, 0.1) is 11.3 Å². The van der Waals surface area contributed by atoms with Crippen LogP contribution >= 0.6 is 0 Å². The minimum Gasteiger partial charge on any atom is -0.470 e. The summed E-state index contributed by atoms with van der Waals surface area (Å²) in [6, 6.07) is 14.0. The van der Waals surface area contributed by atoms with Gasteiger partial charge in [0, 0.05) is 31.1 Å². The number of fused-ring (bicyclic) bond motifs is 1. The van der Waals surface area contributed by atoms with Crippen LogP contribution in [0.3, 0.4) is 0 Å². The Hall–Kier alpha value is -3.59. The van der Waals surface area contributed by atoms with Crippen molar-refractivity contribution in [3.8, 4) is 23.3 Å². The molecule has 0 radical (unpaired) electrons. The zero-order valence-corrected chi connectivity index (χ0v) is 14.2. The number of nitriles is 1. The Morgan fingerprint density at radius 3 is 2.23 bits per heavy atom. The van der Waals surface area contributed by atoms with E-state index in [2.05, 4.69) is 6.07 Å². The van der Waals surface area contributed by atoms with E-state index in [4.69, 9.17) is 14.2 Å². The summed E-state index contributed by atoms with van der Waals surface area (Å²) in [5.41, 5.74) is 2.24. The van der Waals surface area contributed by atoms with Crippen LogP contribution in [0.2, 0.25) is 0 Å². The van der Waals surface area contributed by atoms with Crippen molar-refractivity contribution in [2.45, 2.75) is 20.0 Å². The third-order valence-electron chi connectivity index (χ3n) is 3.65. The van der Waals surface area contributed by atoms with Crippen LogP contribution in [0.1, 0.15) is 25.0 Å². The zero-order chi connectivity index (χ0) is 18.7. The van der Waals surface area contributed by atoms with Gasteiger partial charge in [-0.15, -0.1) is 0 Å². The topological polar surface area (TPSA) is 85.6 Å². The lowest BCUT2D eigenvalue weighted by atomic mass is 9.95. The number of carbonyl (C=O) groups excluding carboxylic acids is 2. The average molecular weight is 349 g/mol. The molecule has 1 aliphatic rings. The number of hydrogen-bond acceptors (Lipinski definition) is 6. The molecule has 1 aliphatic heterocycles. The first-order valence-electron chi connectivity index (χ1n) is 7.85. The molecule has 2 aromatic rings. The number of nitrogens with zero attached hydrogens (tertiary/aromatic N) is 1. The maximum Gasteiger partial charge on any atom is 0.308 e. The molecule has 1 heterocycles. The first kappa shape index (κ1) is 17.2. The van der Waals surface area contributed by atoms with Crippen LogP contribution in [0.25, 0.3) is 11.6 Å². The van der Waals surface area contributed by atoms with Crippen molar-refractivity contribution in [1.29, 1.82) is 5.26 Å². The molecule has 0 fully saturated rings. The van der Waals surface area contributed by atoms with Gasteiger partial charge < -0.3 is 14.2 Å². The number of rotatable bonds is 3. The van der Waals surface area contributed by atoms with Gasteiger partial charge in [-0.2, -0.15) is 5.26 Å². The Balaban J connectivity index is 1.94. The largest absolute Gasteiger partial charge is 0.470 e. The first-order chi connectivity index (χ1) is 12.5. The quantitative estimate of drug-likeness (QED) is 0.624. The van der Waals surface area contributed by atoms with E-state index in [-0.39, 0.29) is 0 Å². The summed E-state index contributed by atoms with van der Waals surface area (Å²) < 4.78 is 15.8. The summed E-state index contributed by atoms with van der Waals surface area (Å²) in [6.07, 6.45) is 1.04. The second-order valence-corrected chi connectivity index (χ2v) is 5.64. The van der Waals surface area contributed by atoms with Gasteiger partial charge in [0.15, 0.2) is 0 Å². The van der Waals surface area contributed by atoms with Gasteiger partial charge in [0.05, 0.1) is 0 Å². The molecule has 1 atom stereocenters. The van der Waals surface area contributed by atoms with Gasteiger partial charge in [-0.1, -0.05) is 12.1 Å². The standard InChI is InChI=1S/C20H15NO5/c1-12(22)24-16-6-3-14(4-7-16)18-9-15-5-8-17(25-13(2)23)10-19(15)26-20(18)11-21/h3-10,20H,1-2H3. The fourth-order valence-electron chi connectivity index (χ4n) is 2.61. The lowest BCUT2D eigenvalue weighted by molar-refractivity contribution is -0.132. The fraction of sp³-hybridized carbons (Fsp3) is 0.150. The summed E-state index contributed by atoms with van der Waals surface area (Å²) in [6.45, 7) is 2.65. The molecule has 3 rings (SSSR count). The predicted molar refractivity (Wildman–Crippen MR) is 93.4 cm³/mol. The molecule has 130 valence electrons. The van der Waals surface area contributed by atoms with Gasteiger partial charge in [-0.3, -0.25) is 9.59 Å². The van der Waals surface area contributed by atoms with Crippen molar-refractivity contribution in [1.82, 2.24) is 0 Å². The molecular formula is C20H15NO5. The van der Waals surface area contributed by atoms with Gasteiger partial charge >= 0.3 is 11.9 Å². The van der Waals surface area contributed by atoms with E-state index in [1.54, 1.807) is 42.5 Å². The number of benzene rings is 2. The van der Waals surface area contributed by atoms with E-state index in [0.717, 1.165) is 11.1 Å². The Morgan fingerprint density at radius 1 is 1.00 bits per heavy atom. The van der Waals surface area contributed by atoms with Crippen LogP contribution in [0.4, 0.5) is 0 Å². The van der Waals surface area contributed by atoms with Crippen LogP contribution in [-0.2, 0) is 9.59 Å². The Labute approximate surface area is 150 Å². The van der Waals surface area contributed by atoms with Crippen LogP contribution in [0.5, 0.6) is 17.2 Å². The summed E-state index contributed by atoms with van der Waals surface area (Å²) in [7, 11) is 0. The molecule has 6 heteroatoms. The van der Waals surface area contributed by atoms with E-state index in [9.17, 15) is 14.9 Å². The SMILES string of the molecule is CC(=O)Oc1ccc(C2=Cc3ccc(OC(C)=O)cc3OC2C#N)cc1. The Kier molecular flexibility index (Phi) is 4.72. The third-order valence-corrected chi connectivity index (χ3v) is 3.65. The van der Waals surface area contributed by atoms with Crippen molar-refractivity contribution in [3.05, 3.63) is 53.6 Å². The van der Waals surface area contributed by atoms with Crippen molar-refractivity contribution in [3.63, 3.8) is 0 Å². The average Bonchev–Trinajstić information content (AvgIpc) is 2.60. The van der Waals surface area contributed by atoms with E-state index in [1.807, 2.05) is 6.08 Å².